The third-order valence-corrected chi connectivity index (χ3v) is 4.52. The van der Waals surface area contributed by atoms with Gasteiger partial charge in [-0.25, -0.2) is 0 Å². The lowest BCUT2D eigenvalue weighted by molar-refractivity contribution is 0.166. The van der Waals surface area contributed by atoms with Crippen molar-refractivity contribution in [3.63, 3.8) is 0 Å². The smallest absolute Gasteiger partial charge is 0.0510 e. The van der Waals surface area contributed by atoms with Crippen molar-refractivity contribution in [1.82, 2.24) is 10.2 Å². The molecule has 2 rings (SSSR count). The van der Waals surface area contributed by atoms with Crippen molar-refractivity contribution >= 4 is 0 Å². The van der Waals surface area contributed by atoms with Crippen LogP contribution in [0, 0.1) is 11.8 Å². The molecule has 3 nitrogen and oxygen atoms in total. The first-order chi connectivity index (χ1) is 8.83. The van der Waals surface area contributed by atoms with Crippen molar-refractivity contribution < 1.29 is 4.74 Å². The Kier molecular flexibility index (Phi) is 5.93. The molecule has 0 spiro atoms. The summed E-state index contributed by atoms with van der Waals surface area (Å²) in [6, 6.07) is 0.637. The minimum atomic E-state index is 0.637. The van der Waals surface area contributed by atoms with E-state index in [-0.39, 0.29) is 0 Å². The maximum absolute atomic E-state index is 5.55. The monoisotopic (exact) mass is 254 g/mol. The van der Waals surface area contributed by atoms with Gasteiger partial charge in [-0.15, -0.1) is 0 Å². The molecule has 3 heteroatoms. The maximum atomic E-state index is 5.55. The summed E-state index contributed by atoms with van der Waals surface area (Å²) in [7, 11) is 0. The van der Waals surface area contributed by atoms with E-state index in [2.05, 4.69) is 24.1 Å². The lowest BCUT2D eigenvalue weighted by Gasteiger charge is -2.28. The molecule has 0 bridgehead atoms. The summed E-state index contributed by atoms with van der Waals surface area (Å²) in [4.78, 5) is 2.67. The Bertz CT molecular complexity index is 229. The fraction of sp³-hybridized carbons (Fsp3) is 1.00. The van der Waals surface area contributed by atoms with Crippen LogP contribution in [0.25, 0.3) is 0 Å². The number of likely N-dealkylation sites (tertiary alicyclic amines) is 1. The van der Waals surface area contributed by atoms with Crippen LogP contribution in [0.3, 0.4) is 0 Å². The molecule has 106 valence electrons. The van der Waals surface area contributed by atoms with Crippen molar-refractivity contribution in [3.05, 3.63) is 0 Å². The molecule has 3 atom stereocenters. The standard InChI is InChI=1S/C15H30N2O/c1-3-5-13-6-8-17(10-13)11-15(16-4-2)14-7-9-18-12-14/h13-16H,3-12H2,1-2H3. The predicted molar refractivity (Wildman–Crippen MR) is 75.8 cm³/mol. The number of nitrogens with zero attached hydrogens (tertiary/aromatic N) is 1. The Labute approximate surface area is 112 Å². The van der Waals surface area contributed by atoms with Gasteiger partial charge in [0.15, 0.2) is 0 Å². The Morgan fingerprint density at radius 1 is 1.33 bits per heavy atom. The fourth-order valence-electron chi connectivity index (χ4n) is 3.51. The molecule has 18 heavy (non-hydrogen) atoms. The molecule has 2 saturated heterocycles. The highest BCUT2D eigenvalue weighted by atomic mass is 16.5. The van der Waals surface area contributed by atoms with Gasteiger partial charge in [0.05, 0.1) is 6.61 Å². The maximum Gasteiger partial charge on any atom is 0.0510 e. The quantitative estimate of drug-likeness (QED) is 0.753. The SMILES string of the molecule is CCCC1CCN(CC(NCC)C2CCOC2)C1. The highest BCUT2D eigenvalue weighted by Gasteiger charge is 2.29. The van der Waals surface area contributed by atoms with E-state index in [0.29, 0.717) is 6.04 Å². The van der Waals surface area contributed by atoms with Gasteiger partial charge in [-0.3, -0.25) is 0 Å². The Hall–Kier alpha value is -0.120. The summed E-state index contributed by atoms with van der Waals surface area (Å²) < 4.78 is 5.55. The van der Waals surface area contributed by atoms with Crippen LogP contribution in [0.4, 0.5) is 0 Å². The van der Waals surface area contributed by atoms with Crippen LogP contribution in [0.2, 0.25) is 0 Å². The molecule has 2 heterocycles. The number of nitrogens with one attached hydrogen (secondary N) is 1. The van der Waals surface area contributed by atoms with E-state index in [1.54, 1.807) is 0 Å². The Balaban J connectivity index is 1.78. The van der Waals surface area contributed by atoms with Crippen molar-refractivity contribution in [2.75, 3.05) is 39.4 Å². The van der Waals surface area contributed by atoms with Crippen molar-refractivity contribution in [2.24, 2.45) is 11.8 Å². The summed E-state index contributed by atoms with van der Waals surface area (Å²) in [6.45, 7) is 11.4. The van der Waals surface area contributed by atoms with E-state index in [4.69, 9.17) is 4.74 Å². The molecule has 0 aromatic rings. The zero-order valence-electron chi connectivity index (χ0n) is 12.2. The average molecular weight is 254 g/mol. The zero-order chi connectivity index (χ0) is 12.8. The van der Waals surface area contributed by atoms with Gasteiger partial charge in [-0.05, 0) is 38.3 Å². The van der Waals surface area contributed by atoms with Crippen LogP contribution >= 0.6 is 0 Å². The number of rotatable bonds is 7. The normalized spacial score (nSPS) is 31.0. The number of hydrogen-bond donors (Lipinski definition) is 1. The van der Waals surface area contributed by atoms with E-state index in [9.17, 15) is 0 Å². The molecule has 0 aromatic heterocycles. The molecule has 0 saturated carbocycles. The van der Waals surface area contributed by atoms with Gasteiger partial charge in [0.2, 0.25) is 0 Å². The van der Waals surface area contributed by atoms with Gasteiger partial charge in [0, 0.05) is 31.7 Å². The molecule has 2 fully saturated rings. The topological polar surface area (TPSA) is 24.5 Å². The highest BCUT2D eigenvalue weighted by Crippen LogP contribution is 2.23. The minimum Gasteiger partial charge on any atom is -0.381 e. The molecule has 0 aromatic carbocycles. The van der Waals surface area contributed by atoms with Crippen LogP contribution in [0.1, 0.15) is 39.5 Å². The van der Waals surface area contributed by atoms with Crippen molar-refractivity contribution in [1.29, 1.82) is 0 Å². The van der Waals surface area contributed by atoms with Crippen LogP contribution in [0.5, 0.6) is 0 Å². The largest absolute Gasteiger partial charge is 0.381 e. The molecular weight excluding hydrogens is 224 g/mol. The van der Waals surface area contributed by atoms with E-state index < -0.39 is 0 Å². The molecule has 0 radical (unpaired) electrons. The second-order valence-corrected chi connectivity index (χ2v) is 5.99. The van der Waals surface area contributed by atoms with Gasteiger partial charge in [0.25, 0.3) is 0 Å². The van der Waals surface area contributed by atoms with Gasteiger partial charge >= 0.3 is 0 Å². The van der Waals surface area contributed by atoms with E-state index in [1.807, 2.05) is 0 Å². The molecule has 2 aliphatic rings. The number of ether oxygens (including phenoxy) is 1. The first-order valence-corrected chi connectivity index (χ1v) is 7.87. The molecule has 2 aliphatic heterocycles. The first kappa shape index (κ1) is 14.3. The van der Waals surface area contributed by atoms with Gasteiger partial charge in [0.1, 0.15) is 0 Å². The number of hydrogen-bond acceptors (Lipinski definition) is 3. The van der Waals surface area contributed by atoms with Gasteiger partial charge in [-0.1, -0.05) is 20.3 Å². The highest BCUT2D eigenvalue weighted by molar-refractivity contribution is 4.85. The van der Waals surface area contributed by atoms with E-state index in [1.165, 1.54) is 45.3 Å². The number of likely N-dealkylation sites (N-methyl/N-ethyl adjacent to an activating group) is 1. The summed E-state index contributed by atoms with van der Waals surface area (Å²) in [6.07, 6.45) is 5.40. The lowest BCUT2D eigenvalue weighted by atomic mass is 9.98. The van der Waals surface area contributed by atoms with Crippen LogP contribution in [0.15, 0.2) is 0 Å². The van der Waals surface area contributed by atoms with Crippen LogP contribution < -0.4 is 5.32 Å². The minimum absolute atomic E-state index is 0.637. The van der Waals surface area contributed by atoms with Gasteiger partial charge < -0.3 is 15.0 Å². The Morgan fingerprint density at radius 3 is 2.89 bits per heavy atom. The molecule has 1 N–H and O–H groups in total. The third-order valence-electron chi connectivity index (χ3n) is 4.52. The van der Waals surface area contributed by atoms with E-state index >= 15 is 0 Å². The lowest BCUT2D eigenvalue weighted by Crippen LogP contribution is -2.45. The predicted octanol–water partition coefficient (Wildman–Crippen LogP) is 2.12. The second-order valence-electron chi connectivity index (χ2n) is 5.99. The van der Waals surface area contributed by atoms with Crippen molar-refractivity contribution in [3.8, 4) is 0 Å². The van der Waals surface area contributed by atoms with Crippen molar-refractivity contribution in [2.45, 2.75) is 45.6 Å². The molecular formula is C15H30N2O. The summed E-state index contributed by atoms with van der Waals surface area (Å²) >= 11 is 0. The summed E-state index contributed by atoms with van der Waals surface area (Å²) in [5.74, 6) is 1.69. The zero-order valence-corrected chi connectivity index (χ0v) is 12.2. The average Bonchev–Trinajstić information content (AvgIpc) is 3.00. The second kappa shape index (κ2) is 7.46. The van der Waals surface area contributed by atoms with Crippen LogP contribution in [-0.2, 0) is 4.74 Å². The fourth-order valence-corrected chi connectivity index (χ4v) is 3.51. The first-order valence-electron chi connectivity index (χ1n) is 7.87. The molecule has 3 unspecified atom stereocenters. The molecule has 0 amide bonds. The van der Waals surface area contributed by atoms with Gasteiger partial charge in [-0.2, -0.15) is 0 Å². The summed E-state index contributed by atoms with van der Waals surface area (Å²) in [5, 5.41) is 3.68. The van der Waals surface area contributed by atoms with E-state index in [0.717, 1.165) is 31.6 Å². The Morgan fingerprint density at radius 2 is 2.22 bits per heavy atom. The van der Waals surface area contributed by atoms with Crippen LogP contribution in [-0.4, -0.2) is 50.3 Å². The molecule has 0 aliphatic carbocycles. The third kappa shape index (κ3) is 3.94. The summed E-state index contributed by atoms with van der Waals surface area (Å²) in [5.41, 5.74) is 0.